The maximum absolute atomic E-state index is 11.3. The van der Waals surface area contributed by atoms with E-state index in [9.17, 15) is 9.90 Å². The average Bonchev–Trinajstić information content (AvgIpc) is 2.54. The summed E-state index contributed by atoms with van der Waals surface area (Å²) >= 11 is 0. The van der Waals surface area contributed by atoms with Gasteiger partial charge in [0.2, 0.25) is 0 Å². The highest BCUT2D eigenvalue weighted by Crippen LogP contribution is 2.17. The van der Waals surface area contributed by atoms with Crippen LogP contribution >= 0.6 is 0 Å². The molecule has 0 aliphatic heterocycles. The molecule has 1 unspecified atom stereocenters. The molecule has 1 rings (SSSR count). The number of carbonyl (C=O) groups excluding carboxylic acids is 1. The molecule has 1 aromatic carbocycles. The highest BCUT2D eigenvalue weighted by molar-refractivity contribution is 5.89. The number of ether oxygens (including phenoxy) is 1. The van der Waals surface area contributed by atoms with Gasteiger partial charge in [-0.05, 0) is 49.3 Å². The molecule has 0 amide bonds. The Morgan fingerprint density at radius 2 is 2.00 bits per heavy atom. The third kappa shape index (κ3) is 6.42. The van der Waals surface area contributed by atoms with Gasteiger partial charge in [0.15, 0.2) is 0 Å². The van der Waals surface area contributed by atoms with Gasteiger partial charge >= 0.3 is 5.97 Å². The number of carbonyl (C=O) groups is 1. The summed E-state index contributed by atoms with van der Waals surface area (Å²) in [7, 11) is 1.37. The Morgan fingerprint density at radius 1 is 1.29 bits per heavy atom. The molecule has 0 fully saturated rings. The predicted octanol–water partition coefficient (Wildman–Crippen LogP) is 3.10. The van der Waals surface area contributed by atoms with E-state index >= 15 is 0 Å². The summed E-state index contributed by atoms with van der Waals surface area (Å²) in [5.41, 5.74) is 1.70. The summed E-state index contributed by atoms with van der Waals surface area (Å²) < 4.78 is 4.66. The van der Waals surface area contributed by atoms with Gasteiger partial charge in [-0.25, -0.2) is 4.79 Å². The summed E-state index contributed by atoms with van der Waals surface area (Å²) in [5, 5.41) is 17.9. The second-order valence-electron chi connectivity index (χ2n) is 5.18. The van der Waals surface area contributed by atoms with Crippen LogP contribution in [0.2, 0.25) is 0 Å². The molecule has 4 nitrogen and oxygen atoms in total. The number of methoxy groups -OCH3 is 1. The van der Waals surface area contributed by atoms with Crippen molar-refractivity contribution in [2.45, 2.75) is 38.5 Å². The molecule has 21 heavy (non-hydrogen) atoms. The quantitative estimate of drug-likeness (QED) is 0.560. The minimum absolute atomic E-state index is 0.187. The molecule has 0 spiro atoms. The summed E-state index contributed by atoms with van der Waals surface area (Å²) in [4.78, 5) is 11.3. The first kappa shape index (κ1) is 17.2. The Morgan fingerprint density at radius 3 is 2.57 bits per heavy atom. The van der Waals surface area contributed by atoms with Gasteiger partial charge in [-0.1, -0.05) is 18.6 Å². The summed E-state index contributed by atoms with van der Waals surface area (Å²) in [6, 6.07) is 9.52. The van der Waals surface area contributed by atoms with Crippen molar-refractivity contribution in [1.29, 1.82) is 5.26 Å². The van der Waals surface area contributed by atoms with E-state index in [1.54, 1.807) is 12.1 Å². The van der Waals surface area contributed by atoms with Crippen molar-refractivity contribution < 1.29 is 14.6 Å². The van der Waals surface area contributed by atoms with E-state index in [2.05, 4.69) is 10.8 Å². The predicted molar refractivity (Wildman–Crippen MR) is 80.8 cm³/mol. The second-order valence-corrected chi connectivity index (χ2v) is 5.18. The fourth-order valence-corrected chi connectivity index (χ4v) is 2.26. The number of benzene rings is 1. The molecule has 1 aromatic rings. The van der Waals surface area contributed by atoms with E-state index in [1.165, 1.54) is 7.11 Å². The molecule has 0 aromatic heterocycles. The molecule has 0 saturated heterocycles. The maximum Gasteiger partial charge on any atom is 0.337 e. The van der Waals surface area contributed by atoms with Crippen molar-refractivity contribution in [2.75, 3.05) is 13.7 Å². The van der Waals surface area contributed by atoms with Gasteiger partial charge in [-0.15, -0.1) is 0 Å². The van der Waals surface area contributed by atoms with E-state index in [0.29, 0.717) is 12.0 Å². The number of hydrogen-bond donors (Lipinski definition) is 1. The van der Waals surface area contributed by atoms with Gasteiger partial charge in [-0.3, -0.25) is 0 Å². The Balaban J connectivity index is 2.38. The number of aliphatic hydroxyl groups is 1. The number of nitrogens with zero attached hydrogens (tertiary/aromatic N) is 1. The van der Waals surface area contributed by atoms with Crippen molar-refractivity contribution in [3.05, 3.63) is 35.4 Å². The Kier molecular flexibility index (Phi) is 8.15. The van der Waals surface area contributed by atoms with Crippen molar-refractivity contribution in [3.63, 3.8) is 0 Å². The van der Waals surface area contributed by atoms with Crippen LogP contribution in [0.25, 0.3) is 0 Å². The first-order valence-electron chi connectivity index (χ1n) is 7.36. The van der Waals surface area contributed by atoms with Crippen molar-refractivity contribution >= 4 is 5.97 Å². The lowest BCUT2D eigenvalue weighted by Gasteiger charge is -2.13. The van der Waals surface area contributed by atoms with Crippen molar-refractivity contribution in [3.8, 4) is 6.07 Å². The molecule has 0 radical (unpaired) electrons. The Hall–Kier alpha value is -1.86. The molecule has 1 atom stereocenters. The molecule has 0 aliphatic carbocycles. The van der Waals surface area contributed by atoms with Crippen LogP contribution in [0.3, 0.4) is 0 Å². The van der Waals surface area contributed by atoms with E-state index < -0.39 is 0 Å². The molecular weight excluding hydrogens is 266 g/mol. The number of nitriles is 1. The zero-order valence-electron chi connectivity index (χ0n) is 12.5. The Bertz CT molecular complexity index is 462. The summed E-state index contributed by atoms with van der Waals surface area (Å²) in [5.74, 6) is -0.0451. The van der Waals surface area contributed by atoms with Crippen molar-refractivity contribution in [2.24, 2.45) is 5.92 Å². The zero-order chi connectivity index (χ0) is 15.5. The van der Waals surface area contributed by atoms with Crippen LogP contribution in [0.5, 0.6) is 0 Å². The molecule has 0 bridgehead atoms. The van der Waals surface area contributed by atoms with Gasteiger partial charge in [0.25, 0.3) is 0 Å². The van der Waals surface area contributed by atoms with E-state index in [0.717, 1.165) is 37.7 Å². The summed E-state index contributed by atoms with van der Waals surface area (Å²) in [6.45, 7) is 0.187. The first-order valence-corrected chi connectivity index (χ1v) is 7.36. The van der Waals surface area contributed by atoms with Crippen LogP contribution in [-0.4, -0.2) is 24.8 Å². The SMILES string of the molecule is COC(=O)c1ccc(CCC(CO)CCCCC#N)cc1. The normalized spacial score (nSPS) is 11.7. The van der Waals surface area contributed by atoms with Crippen LogP contribution in [-0.2, 0) is 11.2 Å². The van der Waals surface area contributed by atoms with E-state index in [4.69, 9.17) is 5.26 Å². The largest absolute Gasteiger partial charge is 0.465 e. The molecule has 0 heterocycles. The molecule has 114 valence electrons. The Labute approximate surface area is 126 Å². The second kappa shape index (κ2) is 9.95. The highest BCUT2D eigenvalue weighted by atomic mass is 16.5. The molecule has 1 N–H and O–H groups in total. The lowest BCUT2D eigenvalue weighted by Crippen LogP contribution is -2.08. The molecule has 4 heteroatoms. The van der Waals surface area contributed by atoms with Crippen LogP contribution in [0.15, 0.2) is 24.3 Å². The van der Waals surface area contributed by atoms with Crippen molar-refractivity contribution in [1.82, 2.24) is 0 Å². The number of hydrogen-bond acceptors (Lipinski definition) is 4. The zero-order valence-corrected chi connectivity index (χ0v) is 12.5. The molecule has 0 aliphatic rings. The van der Waals surface area contributed by atoms with Crippen LogP contribution in [0, 0.1) is 17.2 Å². The fourth-order valence-electron chi connectivity index (χ4n) is 2.26. The fraction of sp³-hybridized carbons (Fsp3) is 0.529. The number of aliphatic hydroxyl groups excluding tert-OH is 1. The van der Waals surface area contributed by atoms with Gasteiger partial charge < -0.3 is 9.84 Å². The van der Waals surface area contributed by atoms with Crippen LogP contribution in [0.4, 0.5) is 0 Å². The summed E-state index contributed by atoms with van der Waals surface area (Å²) in [6.07, 6.45) is 5.23. The van der Waals surface area contributed by atoms with E-state index in [-0.39, 0.29) is 18.5 Å². The number of rotatable bonds is 9. The molecule has 0 saturated carbocycles. The van der Waals surface area contributed by atoms with Gasteiger partial charge in [0.1, 0.15) is 0 Å². The standard InChI is InChI=1S/C17H23NO3/c1-21-17(20)16-10-8-14(9-11-16)6-7-15(13-19)5-3-2-4-12-18/h8-11,15,19H,2-7,13H2,1H3. The minimum Gasteiger partial charge on any atom is -0.465 e. The highest BCUT2D eigenvalue weighted by Gasteiger charge is 2.09. The third-order valence-corrected chi connectivity index (χ3v) is 3.63. The number of unbranched alkanes of at least 4 members (excludes halogenated alkanes) is 2. The third-order valence-electron chi connectivity index (χ3n) is 3.63. The number of aryl methyl sites for hydroxylation is 1. The molecular formula is C17H23NO3. The lowest BCUT2D eigenvalue weighted by atomic mass is 9.94. The minimum atomic E-state index is -0.327. The van der Waals surface area contributed by atoms with Gasteiger partial charge in [0, 0.05) is 13.0 Å². The topological polar surface area (TPSA) is 70.3 Å². The number of esters is 1. The van der Waals surface area contributed by atoms with Gasteiger partial charge in [-0.2, -0.15) is 5.26 Å². The smallest absolute Gasteiger partial charge is 0.337 e. The van der Waals surface area contributed by atoms with Crippen LogP contribution in [0.1, 0.15) is 48.0 Å². The van der Waals surface area contributed by atoms with Crippen LogP contribution < -0.4 is 0 Å². The van der Waals surface area contributed by atoms with Gasteiger partial charge in [0.05, 0.1) is 18.7 Å². The first-order chi connectivity index (χ1) is 10.2. The monoisotopic (exact) mass is 289 g/mol. The maximum atomic E-state index is 11.3. The van der Waals surface area contributed by atoms with E-state index in [1.807, 2.05) is 12.1 Å². The lowest BCUT2D eigenvalue weighted by molar-refractivity contribution is 0.0600. The average molecular weight is 289 g/mol.